The zero-order valence-corrected chi connectivity index (χ0v) is 14.2. The first kappa shape index (κ1) is 16.6. The molecule has 3 N–H and O–H groups in total. The van der Waals surface area contributed by atoms with E-state index in [9.17, 15) is 9.59 Å². The smallest absolute Gasteiger partial charge is 0.232 e. The lowest BCUT2D eigenvalue weighted by Gasteiger charge is -2.24. The lowest BCUT2D eigenvalue weighted by Crippen LogP contribution is -2.23. The molecule has 24 heavy (non-hydrogen) atoms. The summed E-state index contributed by atoms with van der Waals surface area (Å²) in [5.74, 6) is -0.700. The summed E-state index contributed by atoms with van der Waals surface area (Å²) in [7, 11) is 0. The molecule has 0 aliphatic carbocycles. The van der Waals surface area contributed by atoms with Crippen LogP contribution in [-0.2, 0) is 4.79 Å². The maximum absolute atomic E-state index is 12.3. The van der Waals surface area contributed by atoms with Gasteiger partial charge in [0.1, 0.15) is 0 Å². The van der Waals surface area contributed by atoms with Crippen LogP contribution in [0.4, 0.5) is 17.1 Å². The molecule has 0 radical (unpaired) electrons. The van der Waals surface area contributed by atoms with E-state index in [1.807, 2.05) is 6.07 Å². The molecule has 5 nitrogen and oxygen atoms in total. The van der Waals surface area contributed by atoms with E-state index in [0.29, 0.717) is 28.5 Å². The second kappa shape index (κ2) is 7.11. The molecule has 0 fully saturated rings. The van der Waals surface area contributed by atoms with Gasteiger partial charge in [-0.2, -0.15) is 0 Å². The zero-order valence-electron chi connectivity index (χ0n) is 12.7. The average molecular weight is 364 g/mol. The number of Topliss-reactive ketones (excluding diaryl/α,β-unsaturated/α-hetero) is 1. The number of benzene rings is 2. The number of halogens is 2. The highest BCUT2D eigenvalue weighted by atomic mass is 35.5. The van der Waals surface area contributed by atoms with E-state index in [-0.39, 0.29) is 17.2 Å². The first-order chi connectivity index (χ1) is 11.6. The van der Waals surface area contributed by atoms with Crippen molar-refractivity contribution in [2.45, 2.75) is 6.42 Å². The van der Waals surface area contributed by atoms with Crippen LogP contribution in [0.25, 0.3) is 0 Å². The van der Waals surface area contributed by atoms with Crippen molar-refractivity contribution >= 4 is 52.0 Å². The van der Waals surface area contributed by atoms with E-state index in [4.69, 9.17) is 23.2 Å². The minimum absolute atomic E-state index is 0.243. The lowest BCUT2D eigenvalue weighted by molar-refractivity contribution is -0.115. The van der Waals surface area contributed by atoms with Gasteiger partial charge in [-0.15, -0.1) is 0 Å². The number of nitrogens with one attached hydrogen (secondary N) is 3. The number of carbonyl (C=O) groups is 2. The van der Waals surface area contributed by atoms with Gasteiger partial charge < -0.3 is 16.0 Å². The average Bonchev–Trinajstić information content (AvgIpc) is 2.59. The molecule has 2 aromatic carbocycles. The van der Waals surface area contributed by atoms with E-state index in [1.165, 1.54) is 0 Å². The summed E-state index contributed by atoms with van der Waals surface area (Å²) in [5.41, 5.74) is 2.32. The van der Waals surface area contributed by atoms with E-state index < -0.39 is 5.91 Å². The SMILES string of the molecule is O=C(CC(=O)c1ccccc1)Nc1c(Cl)c(Cl)cc2c1NCCN2. The molecule has 3 rings (SSSR count). The molecular weight excluding hydrogens is 349 g/mol. The van der Waals surface area contributed by atoms with Crippen molar-refractivity contribution in [2.75, 3.05) is 29.0 Å². The molecule has 0 spiro atoms. The molecule has 0 atom stereocenters. The quantitative estimate of drug-likeness (QED) is 0.566. The van der Waals surface area contributed by atoms with E-state index in [2.05, 4.69) is 16.0 Å². The van der Waals surface area contributed by atoms with Gasteiger partial charge in [0, 0.05) is 18.7 Å². The standard InChI is InChI=1S/C17H15Cl2N3O2/c18-11-8-12-16(21-7-6-20-12)17(15(11)19)22-14(24)9-13(23)10-4-2-1-3-5-10/h1-5,8,20-21H,6-7,9H2,(H,22,24). The van der Waals surface area contributed by atoms with Crippen molar-refractivity contribution in [3.8, 4) is 0 Å². The molecule has 0 aromatic heterocycles. The minimum Gasteiger partial charge on any atom is -0.381 e. The van der Waals surface area contributed by atoms with Gasteiger partial charge in [-0.25, -0.2) is 0 Å². The third-order valence-electron chi connectivity index (χ3n) is 3.64. The third-order valence-corrected chi connectivity index (χ3v) is 4.43. The number of amides is 1. The highest BCUT2D eigenvalue weighted by Crippen LogP contribution is 2.43. The van der Waals surface area contributed by atoms with Crippen LogP contribution < -0.4 is 16.0 Å². The van der Waals surface area contributed by atoms with Crippen molar-refractivity contribution in [3.05, 3.63) is 52.0 Å². The Kier molecular flexibility index (Phi) is 4.92. The Morgan fingerprint density at radius 3 is 2.54 bits per heavy atom. The van der Waals surface area contributed by atoms with Crippen molar-refractivity contribution in [2.24, 2.45) is 0 Å². The first-order valence-electron chi connectivity index (χ1n) is 7.44. The third kappa shape index (κ3) is 3.47. The van der Waals surface area contributed by atoms with Crippen LogP contribution in [0.3, 0.4) is 0 Å². The Bertz CT molecular complexity index is 794. The Balaban J connectivity index is 1.79. The number of rotatable bonds is 4. The summed E-state index contributed by atoms with van der Waals surface area (Å²) in [6.45, 7) is 1.43. The van der Waals surface area contributed by atoms with E-state index in [1.54, 1.807) is 30.3 Å². The molecule has 1 aliphatic rings. The topological polar surface area (TPSA) is 70.2 Å². The highest BCUT2D eigenvalue weighted by Gasteiger charge is 2.21. The molecule has 0 saturated heterocycles. The van der Waals surface area contributed by atoms with Gasteiger partial charge in [0.15, 0.2) is 5.78 Å². The van der Waals surface area contributed by atoms with Crippen LogP contribution in [0.1, 0.15) is 16.8 Å². The predicted molar refractivity (Wildman–Crippen MR) is 97.5 cm³/mol. The molecule has 1 amide bonds. The number of fused-ring (bicyclic) bond motifs is 1. The molecule has 0 unspecified atom stereocenters. The Hall–Kier alpha value is -2.24. The normalized spacial score (nSPS) is 12.6. The molecule has 2 aromatic rings. The summed E-state index contributed by atoms with van der Waals surface area (Å²) in [6.07, 6.45) is -0.269. The van der Waals surface area contributed by atoms with Crippen LogP contribution in [0.15, 0.2) is 36.4 Å². The number of anilines is 3. The van der Waals surface area contributed by atoms with Crippen molar-refractivity contribution in [1.29, 1.82) is 0 Å². The van der Waals surface area contributed by atoms with Crippen molar-refractivity contribution in [3.63, 3.8) is 0 Å². The van der Waals surface area contributed by atoms with Gasteiger partial charge in [-0.05, 0) is 6.07 Å². The summed E-state index contributed by atoms with van der Waals surface area (Å²) in [4.78, 5) is 24.4. The summed E-state index contributed by atoms with van der Waals surface area (Å²) >= 11 is 12.3. The number of hydrogen-bond acceptors (Lipinski definition) is 4. The van der Waals surface area contributed by atoms with Gasteiger partial charge in [0.05, 0.1) is 33.5 Å². The Morgan fingerprint density at radius 2 is 1.79 bits per heavy atom. The zero-order chi connectivity index (χ0) is 17.1. The van der Waals surface area contributed by atoms with Crippen molar-refractivity contribution in [1.82, 2.24) is 0 Å². The highest BCUT2D eigenvalue weighted by molar-refractivity contribution is 6.45. The predicted octanol–water partition coefficient (Wildman–Crippen LogP) is 4.04. The first-order valence-corrected chi connectivity index (χ1v) is 8.19. The minimum atomic E-state index is -0.442. The van der Waals surface area contributed by atoms with Crippen LogP contribution in [0, 0.1) is 0 Å². The number of hydrogen-bond donors (Lipinski definition) is 3. The molecule has 7 heteroatoms. The molecule has 1 heterocycles. The Labute approximate surface area is 149 Å². The Morgan fingerprint density at radius 1 is 1.08 bits per heavy atom. The van der Waals surface area contributed by atoms with Crippen LogP contribution in [0.2, 0.25) is 10.0 Å². The largest absolute Gasteiger partial charge is 0.381 e. The van der Waals surface area contributed by atoms with E-state index >= 15 is 0 Å². The lowest BCUT2D eigenvalue weighted by atomic mass is 10.1. The van der Waals surface area contributed by atoms with E-state index in [0.717, 1.165) is 12.2 Å². The fraction of sp³-hybridized carbons (Fsp3) is 0.176. The van der Waals surface area contributed by atoms with Crippen LogP contribution in [0.5, 0.6) is 0 Å². The van der Waals surface area contributed by atoms with Crippen LogP contribution in [-0.4, -0.2) is 24.8 Å². The molecule has 124 valence electrons. The van der Waals surface area contributed by atoms with Gasteiger partial charge in [0.25, 0.3) is 0 Å². The maximum Gasteiger partial charge on any atom is 0.232 e. The summed E-state index contributed by atoms with van der Waals surface area (Å²) in [5, 5.41) is 9.65. The van der Waals surface area contributed by atoms with Crippen LogP contribution >= 0.6 is 23.2 Å². The molecule has 0 bridgehead atoms. The molecule has 0 saturated carbocycles. The monoisotopic (exact) mass is 363 g/mol. The fourth-order valence-electron chi connectivity index (χ4n) is 2.51. The molecular formula is C17H15Cl2N3O2. The van der Waals surface area contributed by atoms with Gasteiger partial charge in [0.2, 0.25) is 5.91 Å². The second-order valence-corrected chi connectivity index (χ2v) is 6.12. The fourth-order valence-corrected chi connectivity index (χ4v) is 2.91. The van der Waals surface area contributed by atoms with Gasteiger partial charge in [-0.1, -0.05) is 53.5 Å². The maximum atomic E-state index is 12.3. The van der Waals surface area contributed by atoms with Gasteiger partial charge in [-0.3, -0.25) is 9.59 Å². The number of carbonyl (C=O) groups excluding carboxylic acids is 2. The van der Waals surface area contributed by atoms with Crippen molar-refractivity contribution < 1.29 is 9.59 Å². The summed E-state index contributed by atoms with van der Waals surface area (Å²) < 4.78 is 0. The van der Waals surface area contributed by atoms with Gasteiger partial charge >= 0.3 is 0 Å². The second-order valence-electron chi connectivity index (χ2n) is 5.34. The number of ketones is 1. The summed E-state index contributed by atoms with van der Waals surface area (Å²) in [6, 6.07) is 10.4. The molecule has 1 aliphatic heterocycles.